The summed E-state index contributed by atoms with van der Waals surface area (Å²) in [4.78, 5) is 113. The molecule has 0 saturated carbocycles. The van der Waals surface area contributed by atoms with Crippen molar-refractivity contribution in [1.82, 2.24) is 10.6 Å². The summed E-state index contributed by atoms with van der Waals surface area (Å²) in [5, 5.41) is 12.1. The maximum absolute atomic E-state index is 13.0. The molecule has 6 rings (SSSR count). The molecule has 0 spiro atoms. The van der Waals surface area contributed by atoms with Crippen LogP contribution >= 0.6 is 0 Å². The Morgan fingerprint density at radius 2 is 0.642 bits per heavy atom. The van der Waals surface area contributed by atoms with Gasteiger partial charge in [0.25, 0.3) is 0 Å². The number of ether oxygens (including phenoxy) is 5. The summed E-state index contributed by atoms with van der Waals surface area (Å²) in [5.74, 6) is -3.26. The highest BCUT2D eigenvalue weighted by molar-refractivity contribution is 6.08. The summed E-state index contributed by atoms with van der Waals surface area (Å²) in [6.45, 7) is 28.9. The van der Waals surface area contributed by atoms with E-state index in [0.717, 1.165) is 43.1 Å². The van der Waals surface area contributed by atoms with Gasteiger partial charge >= 0.3 is 30.1 Å². The van der Waals surface area contributed by atoms with E-state index in [-0.39, 0.29) is 35.3 Å². The summed E-state index contributed by atoms with van der Waals surface area (Å²) >= 11 is 0. The molecular weight excluding hydrogens is 1030 g/mol. The fraction of sp³-hybridized carbons (Fsp3) is 0.431. The van der Waals surface area contributed by atoms with E-state index in [0.29, 0.717) is 22.3 Å². The molecule has 16 heteroatoms. The molecule has 0 aliphatic rings. The normalized spacial score (nSPS) is 13.2. The van der Waals surface area contributed by atoms with Gasteiger partial charge in [0.1, 0.15) is 23.3 Å². The third-order valence-electron chi connectivity index (χ3n) is 13.2. The number of Topliss-reactive ketones (excluding diaryl/α,β-unsaturated/α-hetero) is 4. The Kier molecular flexibility index (Phi) is 19.9. The summed E-state index contributed by atoms with van der Waals surface area (Å²) in [5.41, 5.74) is -1.24. The largest absolute Gasteiger partial charge is 0.457 e. The number of esters is 3. The van der Waals surface area contributed by atoms with E-state index < -0.39 is 83.2 Å². The lowest BCUT2D eigenvalue weighted by atomic mass is 9.82. The van der Waals surface area contributed by atoms with Crippen LogP contribution in [-0.2, 0) is 38.1 Å². The van der Waals surface area contributed by atoms with Crippen molar-refractivity contribution in [3.8, 4) is 0 Å². The van der Waals surface area contributed by atoms with Crippen molar-refractivity contribution in [2.24, 2.45) is 22.2 Å². The first kappa shape index (κ1) is 63.8. The fourth-order valence-electron chi connectivity index (χ4n) is 8.15. The number of carbonyl (C=O) groups is 9. The molecule has 0 aromatic heterocycles. The Labute approximate surface area is 474 Å². The third-order valence-corrected chi connectivity index (χ3v) is 13.2. The Morgan fingerprint density at radius 1 is 0.370 bits per heavy atom. The smallest absolute Gasteiger partial charge is 0.408 e. The molecule has 432 valence electrons. The van der Waals surface area contributed by atoms with Crippen LogP contribution in [0.3, 0.4) is 0 Å². The van der Waals surface area contributed by atoms with Crippen LogP contribution in [0.5, 0.6) is 0 Å². The number of alkyl carbamates (subject to hydrolysis) is 2. The van der Waals surface area contributed by atoms with Crippen LogP contribution in [0.1, 0.15) is 159 Å². The lowest BCUT2D eigenvalue weighted by molar-refractivity contribution is -0.150. The molecule has 0 aliphatic carbocycles. The van der Waals surface area contributed by atoms with Gasteiger partial charge in [0.05, 0.1) is 5.92 Å². The highest BCUT2D eigenvalue weighted by Gasteiger charge is 2.37. The van der Waals surface area contributed by atoms with Gasteiger partial charge in [-0.15, -0.1) is 0 Å². The van der Waals surface area contributed by atoms with Crippen molar-refractivity contribution in [3.05, 3.63) is 119 Å². The maximum atomic E-state index is 13.0. The lowest BCUT2D eigenvalue weighted by Gasteiger charge is -2.30. The summed E-state index contributed by atoms with van der Waals surface area (Å²) < 4.78 is 26.5. The first-order valence-electron chi connectivity index (χ1n) is 26.8. The van der Waals surface area contributed by atoms with Crippen molar-refractivity contribution in [2.45, 2.75) is 141 Å². The van der Waals surface area contributed by atoms with Crippen LogP contribution < -0.4 is 10.6 Å². The molecular formula is C65H78N2O14. The van der Waals surface area contributed by atoms with Crippen molar-refractivity contribution >= 4 is 96.3 Å². The number of rotatable bonds is 15. The van der Waals surface area contributed by atoms with Crippen LogP contribution in [0.15, 0.2) is 97.1 Å². The van der Waals surface area contributed by atoms with Crippen molar-refractivity contribution in [2.75, 3.05) is 19.8 Å². The Morgan fingerprint density at radius 3 is 0.901 bits per heavy atom. The van der Waals surface area contributed by atoms with Gasteiger partial charge in [-0.3, -0.25) is 24.0 Å². The molecule has 0 fully saturated rings. The molecule has 0 saturated heterocycles. The number of fused-ring (bicyclic) bond motifs is 4. The summed E-state index contributed by atoms with van der Waals surface area (Å²) in [6.07, 6.45) is -1.49. The van der Waals surface area contributed by atoms with Gasteiger partial charge < -0.3 is 34.3 Å². The van der Waals surface area contributed by atoms with E-state index in [9.17, 15) is 43.2 Å². The zero-order valence-corrected chi connectivity index (χ0v) is 49.8. The summed E-state index contributed by atoms with van der Waals surface area (Å²) in [6, 6.07) is 26.9. The standard InChI is InChI=1S/C36H45NO8.C29H33NO6/c1-21(34(2,3)4)31(40)43-19-28(38)24-13-11-22-16-27-18-25(14-12-23(27)15-26(22)17-24)29(39)20-44-32(41)30(35(5,6)7)37-33(42)45-36(8,9)10;1-17(31)18-8-9-19-14-23-15-21(11-10-20(23)13-22(19)12-18)24(32)16-35-26(33)25(28(2,3)4)30-27(34)36-29(5,6)7/h11-18,21,30H,19-20H2,1-10H3,(H,37,42);8-15,25H,16H2,1-7H3,(H,30,34)/t21-,30-;25-/m11/s1. The third kappa shape index (κ3) is 18.3. The first-order valence-corrected chi connectivity index (χ1v) is 26.8. The van der Waals surface area contributed by atoms with Crippen LogP contribution in [0.4, 0.5) is 9.59 Å². The van der Waals surface area contributed by atoms with Crippen LogP contribution in [0.2, 0.25) is 0 Å². The van der Waals surface area contributed by atoms with Crippen LogP contribution in [0.25, 0.3) is 43.1 Å². The van der Waals surface area contributed by atoms with Gasteiger partial charge in [0.2, 0.25) is 0 Å². The van der Waals surface area contributed by atoms with Gasteiger partial charge in [-0.1, -0.05) is 118 Å². The van der Waals surface area contributed by atoms with E-state index in [4.69, 9.17) is 23.7 Å². The average molecular weight is 1110 g/mol. The van der Waals surface area contributed by atoms with E-state index >= 15 is 0 Å². The minimum absolute atomic E-state index is 0.00230. The van der Waals surface area contributed by atoms with E-state index in [1.54, 1.807) is 139 Å². The van der Waals surface area contributed by atoms with Gasteiger partial charge in [-0.2, -0.15) is 0 Å². The molecule has 0 aliphatic heterocycles. The number of carbonyl (C=O) groups excluding carboxylic acids is 9. The molecule has 3 atom stereocenters. The molecule has 16 nitrogen and oxygen atoms in total. The number of hydrogen-bond acceptors (Lipinski definition) is 14. The Bertz CT molecular complexity index is 3410. The van der Waals surface area contributed by atoms with Gasteiger partial charge in [0.15, 0.2) is 43.0 Å². The van der Waals surface area contributed by atoms with Crippen LogP contribution in [0, 0.1) is 22.2 Å². The molecule has 0 bridgehead atoms. The molecule has 6 aromatic carbocycles. The van der Waals surface area contributed by atoms with Crippen molar-refractivity contribution < 1.29 is 66.8 Å². The number of amides is 2. The molecule has 0 radical (unpaired) electrons. The maximum Gasteiger partial charge on any atom is 0.408 e. The number of benzene rings is 6. The monoisotopic (exact) mass is 1110 g/mol. The predicted octanol–water partition coefficient (Wildman–Crippen LogP) is 12.9. The second-order valence-corrected chi connectivity index (χ2v) is 25.6. The second kappa shape index (κ2) is 25.2. The number of ketones is 4. The van der Waals surface area contributed by atoms with Crippen LogP contribution in [-0.4, -0.2) is 96.3 Å². The fourth-order valence-corrected chi connectivity index (χ4v) is 8.15. The molecule has 81 heavy (non-hydrogen) atoms. The zero-order chi connectivity index (χ0) is 60.7. The SMILES string of the molecule is CC(=O)c1ccc2cc3cc(C(=O)COC(=O)[C@@H](NC(=O)OC(C)(C)C)C(C)(C)C)ccc3cc2c1.C[C@H](C(=O)OCC(=O)c1ccc2cc3cc(C(=O)COC(=O)[C@@H](NC(=O)OC(C)(C)C)C(C)(C)C)ccc3cc2c1)C(C)(C)C. The topological polar surface area (TPSA) is 224 Å². The van der Waals surface area contributed by atoms with Gasteiger partial charge in [0, 0.05) is 22.3 Å². The quantitative estimate of drug-likeness (QED) is 0.0422. The molecule has 2 N–H and O–H groups in total. The highest BCUT2D eigenvalue weighted by atomic mass is 16.6. The predicted molar refractivity (Wildman–Crippen MR) is 313 cm³/mol. The first-order chi connectivity index (χ1) is 37.3. The van der Waals surface area contributed by atoms with Crippen molar-refractivity contribution in [3.63, 3.8) is 0 Å². The molecule has 0 unspecified atom stereocenters. The van der Waals surface area contributed by atoms with E-state index in [2.05, 4.69) is 10.6 Å². The molecule has 0 heterocycles. The minimum atomic E-state index is -1.03. The minimum Gasteiger partial charge on any atom is -0.457 e. The second-order valence-electron chi connectivity index (χ2n) is 25.6. The number of hydrogen-bond donors (Lipinski definition) is 2. The van der Waals surface area contributed by atoms with E-state index in [1.807, 2.05) is 69.3 Å². The Hall–Kier alpha value is -8.01. The van der Waals surface area contributed by atoms with Gasteiger partial charge in [-0.05, 0) is 156 Å². The molecule has 6 aromatic rings. The highest BCUT2D eigenvalue weighted by Crippen LogP contribution is 2.30. The van der Waals surface area contributed by atoms with Crippen molar-refractivity contribution in [1.29, 1.82) is 0 Å². The average Bonchev–Trinajstić information content (AvgIpc) is 3.35. The lowest BCUT2D eigenvalue weighted by Crippen LogP contribution is -2.51. The number of nitrogens with one attached hydrogen (secondary N) is 2. The Balaban J connectivity index is 0.000000305. The molecule has 2 amide bonds. The van der Waals surface area contributed by atoms with E-state index in [1.165, 1.54) is 6.92 Å². The zero-order valence-electron chi connectivity index (χ0n) is 49.8. The summed E-state index contributed by atoms with van der Waals surface area (Å²) in [7, 11) is 0. The van der Waals surface area contributed by atoms with Gasteiger partial charge in [-0.25, -0.2) is 19.2 Å².